The maximum absolute atomic E-state index is 12.5. The van der Waals surface area contributed by atoms with E-state index < -0.39 is 5.60 Å². The first-order valence-corrected chi connectivity index (χ1v) is 12.4. The van der Waals surface area contributed by atoms with E-state index in [1.807, 2.05) is 45.9 Å². The number of allylic oxidation sites excluding steroid dienone is 2. The fourth-order valence-electron chi connectivity index (χ4n) is 3.89. The number of ether oxygens (including phenoxy) is 1. The van der Waals surface area contributed by atoms with Gasteiger partial charge in [-0.1, -0.05) is 58.9 Å². The molecule has 0 bridgehead atoms. The van der Waals surface area contributed by atoms with Crippen LogP contribution in [0.1, 0.15) is 44.9 Å². The minimum absolute atomic E-state index is 0.00590. The molecule has 1 fully saturated rings. The van der Waals surface area contributed by atoms with Gasteiger partial charge >= 0.3 is 6.09 Å². The van der Waals surface area contributed by atoms with Gasteiger partial charge in [0.25, 0.3) is 0 Å². The van der Waals surface area contributed by atoms with Gasteiger partial charge in [-0.2, -0.15) is 0 Å². The Kier molecular flexibility index (Phi) is 9.86. The summed E-state index contributed by atoms with van der Waals surface area (Å²) in [5.41, 5.74) is 2.64. The van der Waals surface area contributed by atoms with Gasteiger partial charge < -0.3 is 15.0 Å². The average Bonchev–Trinajstić information content (AvgIpc) is 2.74. The monoisotopic (exact) mass is 523 g/mol. The van der Waals surface area contributed by atoms with E-state index in [2.05, 4.69) is 51.4 Å². The van der Waals surface area contributed by atoms with Crippen molar-refractivity contribution >= 4 is 39.2 Å². The highest BCUT2D eigenvalue weighted by Crippen LogP contribution is 2.34. The lowest BCUT2D eigenvalue weighted by Crippen LogP contribution is -2.53. The number of alkyl halides is 1. The largest absolute Gasteiger partial charge is 0.444 e. The van der Waals surface area contributed by atoms with Gasteiger partial charge in [-0.25, -0.2) is 4.79 Å². The highest BCUT2D eigenvalue weighted by Gasteiger charge is 2.34. The fourth-order valence-corrected chi connectivity index (χ4v) is 4.36. The summed E-state index contributed by atoms with van der Waals surface area (Å²) in [6.07, 6.45) is 5.65. The molecule has 0 aromatic heterocycles. The third-order valence-electron chi connectivity index (χ3n) is 5.29. The molecule has 5 nitrogen and oxygen atoms in total. The Morgan fingerprint density at radius 1 is 1.31 bits per heavy atom. The lowest BCUT2D eigenvalue weighted by molar-refractivity contribution is 0.00915. The zero-order valence-corrected chi connectivity index (χ0v) is 21.9. The molecule has 2 unspecified atom stereocenters. The molecular formula is C25H35BrClN3O2. The molecule has 1 heterocycles. The number of piperazine rings is 1. The van der Waals surface area contributed by atoms with E-state index >= 15 is 0 Å². The molecule has 7 heteroatoms. The van der Waals surface area contributed by atoms with Crippen molar-refractivity contribution in [3.63, 3.8) is 0 Å². The Bertz CT molecular complexity index is 842. The van der Waals surface area contributed by atoms with Crippen LogP contribution in [0.2, 0.25) is 5.02 Å². The molecule has 1 saturated heterocycles. The normalized spacial score (nSPS) is 17.1. The van der Waals surface area contributed by atoms with Crippen LogP contribution in [0.5, 0.6) is 0 Å². The van der Waals surface area contributed by atoms with Crippen molar-refractivity contribution in [3.05, 3.63) is 65.9 Å². The number of benzene rings is 1. The second-order valence-electron chi connectivity index (χ2n) is 8.84. The summed E-state index contributed by atoms with van der Waals surface area (Å²) in [7, 11) is 0. The highest BCUT2D eigenvalue weighted by molar-refractivity contribution is 9.09. The van der Waals surface area contributed by atoms with Gasteiger partial charge in [-0.15, -0.1) is 0 Å². The number of nitrogens with one attached hydrogen (secondary N) is 1. The van der Waals surface area contributed by atoms with E-state index in [0.717, 1.165) is 29.8 Å². The fraction of sp³-hybridized carbons (Fsp3) is 0.480. The van der Waals surface area contributed by atoms with Crippen molar-refractivity contribution < 1.29 is 9.53 Å². The third-order valence-corrected chi connectivity index (χ3v) is 6.20. The van der Waals surface area contributed by atoms with E-state index in [9.17, 15) is 4.79 Å². The van der Waals surface area contributed by atoms with Crippen LogP contribution in [-0.2, 0) is 4.74 Å². The smallest absolute Gasteiger partial charge is 0.410 e. The molecular weight excluding hydrogens is 490 g/mol. The lowest BCUT2D eigenvalue weighted by atomic mass is 9.90. The first kappa shape index (κ1) is 26.5. The zero-order valence-electron chi connectivity index (χ0n) is 19.5. The Labute approximate surface area is 206 Å². The van der Waals surface area contributed by atoms with Gasteiger partial charge in [0.1, 0.15) is 5.60 Å². The van der Waals surface area contributed by atoms with Gasteiger partial charge in [-0.05, 0) is 62.7 Å². The molecule has 1 N–H and O–H groups in total. The summed E-state index contributed by atoms with van der Waals surface area (Å²) < 4.78 is 5.56. The molecule has 32 heavy (non-hydrogen) atoms. The molecule has 0 spiro atoms. The molecule has 1 aliphatic rings. The highest BCUT2D eigenvalue weighted by atomic mass is 79.9. The number of halogens is 2. The van der Waals surface area contributed by atoms with Crippen molar-refractivity contribution in [3.8, 4) is 0 Å². The zero-order chi connectivity index (χ0) is 23.9. The molecule has 1 aliphatic heterocycles. The van der Waals surface area contributed by atoms with E-state index in [4.69, 9.17) is 16.3 Å². The Balaban J connectivity index is 2.38. The topological polar surface area (TPSA) is 44.8 Å². The first-order chi connectivity index (χ1) is 15.1. The molecule has 1 aromatic carbocycles. The second-order valence-corrected chi connectivity index (χ2v) is 9.84. The van der Waals surface area contributed by atoms with E-state index in [-0.39, 0.29) is 18.2 Å². The van der Waals surface area contributed by atoms with Gasteiger partial charge in [0.2, 0.25) is 0 Å². The van der Waals surface area contributed by atoms with Gasteiger partial charge in [-0.3, -0.25) is 4.90 Å². The molecule has 176 valence electrons. The quantitative estimate of drug-likeness (QED) is 0.334. The van der Waals surface area contributed by atoms with E-state index in [1.165, 1.54) is 0 Å². The Morgan fingerprint density at radius 2 is 1.97 bits per heavy atom. The predicted molar refractivity (Wildman–Crippen MR) is 138 cm³/mol. The molecule has 0 radical (unpaired) electrons. The first-order valence-electron chi connectivity index (χ1n) is 10.9. The minimum atomic E-state index is -0.504. The summed E-state index contributed by atoms with van der Waals surface area (Å²) in [4.78, 5) is 16.7. The van der Waals surface area contributed by atoms with E-state index in [0.29, 0.717) is 23.4 Å². The summed E-state index contributed by atoms with van der Waals surface area (Å²) in [6, 6.07) is 5.98. The van der Waals surface area contributed by atoms with Gasteiger partial charge in [0.15, 0.2) is 0 Å². The van der Waals surface area contributed by atoms with Crippen LogP contribution in [-0.4, -0.2) is 59.0 Å². The van der Waals surface area contributed by atoms with Crippen LogP contribution in [0.4, 0.5) is 4.79 Å². The minimum Gasteiger partial charge on any atom is -0.444 e. The van der Waals surface area contributed by atoms with Crippen LogP contribution in [0.15, 0.2) is 49.7 Å². The van der Waals surface area contributed by atoms with Crippen molar-refractivity contribution in [2.45, 2.75) is 45.4 Å². The number of carbonyl (C=O) groups is 1. The molecule has 2 rings (SSSR count). The predicted octanol–water partition coefficient (Wildman–Crippen LogP) is 6.02. The van der Waals surface area contributed by atoms with Gasteiger partial charge in [0, 0.05) is 36.5 Å². The molecule has 1 aromatic rings. The number of carbonyl (C=O) groups excluding carboxylic acids is 1. The Hall–Kier alpha value is -1.76. The number of hydrogen-bond acceptors (Lipinski definition) is 4. The van der Waals surface area contributed by atoms with Gasteiger partial charge in [0.05, 0.1) is 12.1 Å². The van der Waals surface area contributed by atoms with Crippen LogP contribution in [0, 0.1) is 0 Å². The number of hydrogen-bond donors (Lipinski definition) is 1. The summed E-state index contributed by atoms with van der Waals surface area (Å²) >= 11 is 9.88. The number of amides is 1. The van der Waals surface area contributed by atoms with Crippen LogP contribution in [0.25, 0.3) is 5.57 Å². The molecule has 2 atom stereocenters. The Morgan fingerprint density at radius 3 is 2.50 bits per heavy atom. The van der Waals surface area contributed by atoms with Crippen molar-refractivity contribution in [1.82, 2.24) is 15.1 Å². The summed E-state index contributed by atoms with van der Waals surface area (Å²) in [5.74, 6) is 0. The summed E-state index contributed by atoms with van der Waals surface area (Å²) in [6.45, 7) is 18.4. The SMILES string of the molecule is C=CNC(/C=C\C)C(c1ccc(Cl)cc1C(=C)CBr)N1CCN(C(=O)OC(C)(C)C)CC1. The van der Waals surface area contributed by atoms with Crippen molar-refractivity contribution in [2.24, 2.45) is 0 Å². The van der Waals surface area contributed by atoms with Crippen LogP contribution < -0.4 is 5.32 Å². The van der Waals surface area contributed by atoms with E-state index in [1.54, 1.807) is 11.1 Å². The lowest BCUT2D eigenvalue weighted by Gasteiger charge is -2.42. The maximum atomic E-state index is 12.5. The third kappa shape index (κ3) is 7.12. The molecule has 0 saturated carbocycles. The second kappa shape index (κ2) is 11.9. The average molecular weight is 525 g/mol. The molecule has 1 amide bonds. The van der Waals surface area contributed by atoms with Crippen LogP contribution >= 0.6 is 27.5 Å². The van der Waals surface area contributed by atoms with Crippen LogP contribution in [0.3, 0.4) is 0 Å². The summed E-state index contributed by atoms with van der Waals surface area (Å²) in [5, 5.41) is 4.73. The van der Waals surface area contributed by atoms with Crippen molar-refractivity contribution in [2.75, 3.05) is 31.5 Å². The van der Waals surface area contributed by atoms with Crippen molar-refractivity contribution in [1.29, 1.82) is 0 Å². The number of nitrogens with zero attached hydrogens (tertiary/aromatic N) is 2. The number of rotatable bonds is 8. The maximum Gasteiger partial charge on any atom is 0.410 e. The molecule has 0 aliphatic carbocycles. The standard InChI is InChI=1S/C25H35BrClN3O2/c1-7-9-22(28-8-2)23(20-11-10-19(27)16-21(20)18(3)17-26)29-12-14-30(15-13-29)24(31)32-25(4,5)6/h7-11,16,22-23,28H,2-3,12-15,17H2,1,4-6H3/b9-7-.